The normalized spacial score (nSPS) is 9.57. The minimum atomic E-state index is -3.56. The molecule has 0 aliphatic heterocycles. The summed E-state index contributed by atoms with van der Waals surface area (Å²) in [7, 11) is -1.80. The number of nitrogens with two attached hydrogens (primary N) is 1. The summed E-state index contributed by atoms with van der Waals surface area (Å²) in [6.07, 6.45) is 0. The zero-order valence-corrected chi connectivity index (χ0v) is 7.43. The van der Waals surface area contributed by atoms with Gasteiger partial charge in [0, 0.05) is 12.7 Å². The van der Waals surface area contributed by atoms with E-state index in [2.05, 4.69) is 5.32 Å². The zero-order chi connectivity index (χ0) is 9.19. The molecule has 0 aliphatic carbocycles. The van der Waals surface area contributed by atoms with E-state index in [1.54, 1.807) is 19.2 Å². The van der Waals surface area contributed by atoms with Gasteiger partial charge in [-0.15, -0.1) is 0 Å². The summed E-state index contributed by atoms with van der Waals surface area (Å²) >= 11 is 0. The Morgan fingerprint density at radius 1 is 1.14 bits per heavy atom. The van der Waals surface area contributed by atoms with E-state index in [0.29, 0.717) is 0 Å². The number of hydrogen-bond donors (Lipinski definition) is 2. The van der Waals surface area contributed by atoms with Gasteiger partial charge in [-0.05, 0) is 24.3 Å². The molecule has 1 aromatic carbocycles. The Morgan fingerprint density at radius 3 is 1.86 bits per heavy atom. The Balaban J connectivity index is 0. The third-order valence-electron chi connectivity index (χ3n) is 1.47. The van der Waals surface area contributed by atoms with Crippen molar-refractivity contribution in [3.63, 3.8) is 0 Å². The molecule has 0 amide bonds. The van der Waals surface area contributed by atoms with Crippen LogP contribution < -0.4 is 10.5 Å². The predicted octanol–water partition coefficient (Wildman–Crippen LogP) is -0.921. The van der Waals surface area contributed by atoms with Crippen LogP contribution in [0.4, 0.5) is 5.69 Å². The first-order valence-electron chi connectivity index (χ1n) is 3.34. The molecule has 0 saturated carbocycles. The summed E-state index contributed by atoms with van der Waals surface area (Å²) in [5.74, 6) is 0. The van der Waals surface area contributed by atoms with E-state index in [9.17, 15) is 8.42 Å². The molecule has 4 nitrogen and oxygen atoms in total. The number of rotatable bonds is 2. The number of hydrogen-bond acceptors (Lipinski definition) is 3. The first-order chi connectivity index (χ1) is 5.54. The fraction of sp³-hybridized carbons (Fsp3) is 0.143. The van der Waals surface area contributed by atoms with Gasteiger partial charge in [0.15, 0.2) is 0 Å². The van der Waals surface area contributed by atoms with Crippen LogP contribution in [0.1, 0.15) is 0 Å². The van der Waals surface area contributed by atoms with Gasteiger partial charge in [-0.3, -0.25) is 0 Å². The number of primary sulfonamides is 1. The summed E-state index contributed by atoms with van der Waals surface area (Å²) in [4.78, 5) is 0.126. The molecule has 0 radical (unpaired) electrons. The third-order valence-corrected chi connectivity index (χ3v) is 2.40. The van der Waals surface area contributed by atoms with Crippen LogP contribution >= 0.6 is 0 Å². The van der Waals surface area contributed by atoms with Crippen LogP contribution in [0.15, 0.2) is 29.2 Å². The summed E-state index contributed by atoms with van der Waals surface area (Å²) in [6, 6.07) is 6.22. The fourth-order valence-corrected chi connectivity index (χ4v) is 1.33. The molecule has 0 bridgehead atoms. The van der Waals surface area contributed by atoms with E-state index >= 15 is 0 Å². The van der Waals surface area contributed by atoms with Crippen LogP contribution in [0.25, 0.3) is 0 Å². The van der Waals surface area contributed by atoms with Crippen LogP contribution in [0.5, 0.6) is 0 Å². The standard InChI is InChI=1S/C7H10N2O2S.2Na.2H/c1-9-6-2-4-7(5-3-6)12(8,10)11;;;;/h2-5,9H,1H3,(H2,8,10,11);;;;. The quantitative estimate of drug-likeness (QED) is 0.650. The van der Waals surface area contributed by atoms with Gasteiger partial charge in [0.25, 0.3) is 0 Å². The monoisotopic (exact) mass is 234 g/mol. The van der Waals surface area contributed by atoms with Crippen LogP contribution in [0.2, 0.25) is 0 Å². The molecule has 0 aromatic heterocycles. The molecule has 14 heavy (non-hydrogen) atoms. The van der Waals surface area contributed by atoms with Gasteiger partial charge >= 0.3 is 59.1 Å². The average molecular weight is 234 g/mol. The van der Waals surface area contributed by atoms with E-state index in [-0.39, 0.29) is 64.0 Å². The first-order valence-corrected chi connectivity index (χ1v) is 4.89. The Kier molecular flexibility index (Phi) is 8.97. The third kappa shape index (κ3) is 5.14. The molecule has 1 aromatic rings. The van der Waals surface area contributed by atoms with Gasteiger partial charge in [0.05, 0.1) is 4.90 Å². The van der Waals surface area contributed by atoms with Crippen LogP contribution in [0.3, 0.4) is 0 Å². The molecular formula is C7H12N2Na2O2S. The SMILES string of the molecule is CNc1ccc(S(N)(=O)=O)cc1.[NaH].[NaH]. The van der Waals surface area contributed by atoms with Gasteiger partial charge in [0.1, 0.15) is 0 Å². The van der Waals surface area contributed by atoms with Crippen molar-refractivity contribution in [2.24, 2.45) is 5.14 Å². The van der Waals surface area contributed by atoms with E-state index < -0.39 is 10.0 Å². The average Bonchev–Trinajstić information content (AvgIpc) is 2.03. The van der Waals surface area contributed by atoms with Gasteiger partial charge in [-0.1, -0.05) is 0 Å². The van der Waals surface area contributed by atoms with Gasteiger partial charge in [-0.25, -0.2) is 13.6 Å². The molecule has 0 saturated heterocycles. The molecule has 0 spiro atoms. The van der Waals surface area contributed by atoms with Crippen LogP contribution in [-0.4, -0.2) is 74.6 Å². The number of anilines is 1. The number of benzene rings is 1. The van der Waals surface area contributed by atoms with Crippen molar-refractivity contribution in [3.8, 4) is 0 Å². The van der Waals surface area contributed by atoms with Crippen molar-refractivity contribution >= 4 is 74.8 Å². The summed E-state index contributed by atoms with van der Waals surface area (Å²) in [5, 5.41) is 7.77. The molecule has 0 fully saturated rings. The van der Waals surface area contributed by atoms with Gasteiger partial charge in [-0.2, -0.15) is 0 Å². The van der Waals surface area contributed by atoms with Crippen molar-refractivity contribution in [3.05, 3.63) is 24.3 Å². The van der Waals surface area contributed by atoms with Gasteiger partial charge in [0.2, 0.25) is 10.0 Å². The van der Waals surface area contributed by atoms with Crippen molar-refractivity contribution in [2.75, 3.05) is 12.4 Å². The Hall–Kier alpha value is 0.930. The molecule has 70 valence electrons. The van der Waals surface area contributed by atoms with E-state index in [1.807, 2.05) is 0 Å². The Morgan fingerprint density at radius 2 is 1.57 bits per heavy atom. The summed E-state index contributed by atoms with van der Waals surface area (Å²) in [6.45, 7) is 0. The Bertz CT molecular complexity index is 364. The molecule has 1 rings (SSSR count). The molecule has 0 heterocycles. The fourth-order valence-electron chi connectivity index (χ4n) is 0.811. The maximum atomic E-state index is 10.8. The molecular weight excluding hydrogens is 222 g/mol. The molecule has 7 heteroatoms. The first kappa shape index (κ1) is 17.3. The number of sulfonamides is 1. The topological polar surface area (TPSA) is 72.2 Å². The van der Waals surface area contributed by atoms with Crippen molar-refractivity contribution in [1.82, 2.24) is 0 Å². The van der Waals surface area contributed by atoms with Crippen molar-refractivity contribution in [1.29, 1.82) is 0 Å². The molecule has 0 unspecified atom stereocenters. The summed E-state index contributed by atoms with van der Waals surface area (Å²) in [5.41, 5.74) is 0.849. The second-order valence-electron chi connectivity index (χ2n) is 2.32. The maximum absolute atomic E-state index is 10.8. The second kappa shape index (κ2) is 7.24. The predicted molar refractivity (Wildman–Crippen MR) is 61.7 cm³/mol. The van der Waals surface area contributed by atoms with E-state index in [1.165, 1.54) is 12.1 Å². The second-order valence-corrected chi connectivity index (χ2v) is 3.88. The minimum absolute atomic E-state index is 0. The van der Waals surface area contributed by atoms with Crippen molar-refractivity contribution in [2.45, 2.75) is 4.90 Å². The van der Waals surface area contributed by atoms with Crippen molar-refractivity contribution < 1.29 is 8.42 Å². The molecule has 0 atom stereocenters. The van der Waals surface area contributed by atoms with Gasteiger partial charge < -0.3 is 5.32 Å². The van der Waals surface area contributed by atoms with Crippen LogP contribution in [0, 0.1) is 0 Å². The zero-order valence-electron chi connectivity index (χ0n) is 6.61. The summed E-state index contributed by atoms with van der Waals surface area (Å²) < 4.78 is 21.6. The van der Waals surface area contributed by atoms with E-state index in [4.69, 9.17) is 5.14 Å². The van der Waals surface area contributed by atoms with Crippen LogP contribution in [-0.2, 0) is 10.0 Å². The Labute approximate surface area is 128 Å². The van der Waals surface area contributed by atoms with E-state index in [0.717, 1.165) is 5.69 Å². The molecule has 3 N–H and O–H groups in total. The number of nitrogens with one attached hydrogen (secondary N) is 1. The molecule has 0 aliphatic rings.